The molecule has 0 bridgehead atoms. The lowest BCUT2D eigenvalue weighted by atomic mass is 10.1. The second kappa shape index (κ2) is 10.9. The van der Waals surface area contributed by atoms with Gasteiger partial charge in [0.05, 0.1) is 17.9 Å². The molecule has 9 heteroatoms. The smallest absolute Gasteiger partial charge is 0.338 e. The van der Waals surface area contributed by atoms with Crippen LogP contribution < -0.4 is 15.0 Å². The summed E-state index contributed by atoms with van der Waals surface area (Å²) in [4.78, 5) is 50.6. The SMILES string of the molecule is CCOC(=O)c1ccc(N2C(=O)NC(=O)/C(=C\c3ccc(OCc4cccc(Cl)c4)cc3)C2=O)cc1. The number of nitrogens with one attached hydrogen (secondary N) is 1. The Morgan fingerprint density at radius 1 is 1.00 bits per heavy atom. The van der Waals surface area contributed by atoms with Crippen LogP contribution in [0.2, 0.25) is 5.02 Å². The Hall–Kier alpha value is -4.43. The number of benzene rings is 3. The predicted octanol–water partition coefficient (Wildman–Crippen LogP) is 4.76. The maximum Gasteiger partial charge on any atom is 0.338 e. The van der Waals surface area contributed by atoms with Crippen molar-refractivity contribution in [2.75, 3.05) is 11.5 Å². The van der Waals surface area contributed by atoms with Gasteiger partial charge in [-0.15, -0.1) is 0 Å². The average Bonchev–Trinajstić information content (AvgIpc) is 2.86. The Balaban J connectivity index is 1.50. The highest BCUT2D eigenvalue weighted by Gasteiger charge is 2.36. The van der Waals surface area contributed by atoms with Crippen LogP contribution in [0, 0.1) is 0 Å². The average molecular weight is 505 g/mol. The maximum atomic E-state index is 13.1. The van der Waals surface area contributed by atoms with Gasteiger partial charge in [-0.3, -0.25) is 14.9 Å². The minimum absolute atomic E-state index is 0.203. The van der Waals surface area contributed by atoms with Crippen molar-refractivity contribution in [1.29, 1.82) is 0 Å². The van der Waals surface area contributed by atoms with Crippen molar-refractivity contribution in [3.63, 3.8) is 0 Å². The van der Waals surface area contributed by atoms with Gasteiger partial charge in [-0.25, -0.2) is 14.5 Å². The number of anilines is 1. The molecule has 4 rings (SSSR count). The second-order valence-corrected chi connectivity index (χ2v) is 8.15. The van der Waals surface area contributed by atoms with E-state index in [0.717, 1.165) is 10.5 Å². The standard InChI is InChI=1S/C27H21ClN2O6/c1-2-35-26(33)19-8-10-21(11-9-19)30-25(32)23(24(31)29-27(30)34)15-17-6-12-22(13-7-17)36-16-18-4-3-5-20(28)14-18/h3-15H,2,16H2,1H3,(H,29,31,34)/b23-15+. The van der Waals surface area contributed by atoms with Crippen LogP contribution in [0.3, 0.4) is 0 Å². The molecule has 4 amide bonds. The van der Waals surface area contributed by atoms with E-state index in [9.17, 15) is 19.2 Å². The summed E-state index contributed by atoms with van der Waals surface area (Å²) in [5.41, 5.74) is 1.74. The molecule has 1 heterocycles. The topological polar surface area (TPSA) is 102 Å². The molecular weight excluding hydrogens is 484 g/mol. The Bertz CT molecular complexity index is 1350. The third-order valence-electron chi connectivity index (χ3n) is 5.22. The molecule has 0 aliphatic carbocycles. The lowest BCUT2D eigenvalue weighted by molar-refractivity contribution is -0.122. The first-order valence-corrected chi connectivity index (χ1v) is 11.4. The monoisotopic (exact) mass is 504 g/mol. The summed E-state index contributed by atoms with van der Waals surface area (Å²) in [5, 5.41) is 2.79. The summed E-state index contributed by atoms with van der Waals surface area (Å²) in [6.07, 6.45) is 1.39. The van der Waals surface area contributed by atoms with E-state index in [1.165, 1.54) is 30.3 Å². The molecule has 0 atom stereocenters. The van der Waals surface area contributed by atoms with Crippen LogP contribution in [0.4, 0.5) is 10.5 Å². The molecule has 1 aliphatic heterocycles. The first-order chi connectivity index (χ1) is 17.4. The number of imide groups is 2. The number of hydrogen-bond acceptors (Lipinski definition) is 6. The summed E-state index contributed by atoms with van der Waals surface area (Å²) in [7, 11) is 0. The molecule has 3 aromatic rings. The van der Waals surface area contributed by atoms with Gasteiger partial charge in [0.25, 0.3) is 11.8 Å². The van der Waals surface area contributed by atoms with Gasteiger partial charge in [-0.05, 0) is 72.7 Å². The van der Waals surface area contributed by atoms with E-state index in [4.69, 9.17) is 21.1 Å². The molecule has 3 aromatic carbocycles. The lowest BCUT2D eigenvalue weighted by Gasteiger charge is -2.26. The fourth-order valence-corrected chi connectivity index (χ4v) is 3.69. The lowest BCUT2D eigenvalue weighted by Crippen LogP contribution is -2.54. The minimum Gasteiger partial charge on any atom is -0.489 e. The third kappa shape index (κ3) is 5.61. The molecule has 0 unspecified atom stereocenters. The van der Waals surface area contributed by atoms with Gasteiger partial charge in [0.1, 0.15) is 17.9 Å². The van der Waals surface area contributed by atoms with E-state index in [2.05, 4.69) is 5.32 Å². The zero-order chi connectivity index (χ0) is 25.7. The van der Waals surface area contributed by atoms with Gasteiger partial charge < -0.3 is 9.47 Å². The number of barbiturate groups is 1. The molecule has 0 spiro atoms. The number of carbonyl (C=O) groups is 4. The first kappa shape index (κ1) is 24.7. The minimum atomic E-state index is -0.879. The van der Waals surface area contributed by atoms with Crippen LogP contribution in [-0.2, 0) is 20.9 Å². The van der Waals surface area contributed by atoms with Gasteiger partial charge in [0.2, 0.25) is 0 Å². The predicted molar refractivity (Wildman–Crippen MR) is 134 cm³/mol. The van der Waals surface area contributed by atoms with Crippen LogP contribution in [-0.4, -0.2) is 30.4 Å². The maximum absolute atomic E-state index is 13.1. The van der Waals surface area contributed by atoms with E-state index in [1.807, 2.05) is 18.2 Å². The third-order valence-corrected chi connectivity index (χ3v) is 5.46. The normalized spacial score (nSPS) is 14.6. The number of amides is 4. The number of carbonyl (C=O) groups excluding carboxylic acids is 4. The van der Waals surface area contributed by atoms with Crippen molar-refractivity contribution in [2.24, 2.45) is 0 Å². The molecular formula is C27H21ClN2O6. The fraction of sp³-hybridized carbons (Fsp3) is 0.111. The highest BCUT2D eigenvalue weighted by molar-refractivity contribution is 6.39. The molecule has 1 N–H and O–H groups in total. The number of esters is 1. The quantitative estimate of drug-likeness (QED) is 0.283. The summed E-state index contributed by atoms with van der Waals surface area (Å²) in [6.45, 7) is 2.24. The van der Waals surface area contributed by atoms with E-state index in [1.54, 1.807) is 37.3 Å². The Kier molecular flexibility index (Phi) is 7.46. The highest BCUT2D eigenvalue weighted by Crippen LogP contribution is 2.24. The van der Waals surface area contributed by atoms with Gasteiger partial charge in [-0.2, -0.15) is 0 Å². The summed E-state index contributed by atoms with van der Waals surface area (Å²) in [6, 6.07) is 19.0. The Morgan fingerprint density at radius 2 is 1.72 bits per heavy atom. The summed E-state index contributed by atoms with van der Waals surface area (Å²) in [5.74, 6) is -1.51. The molecule has 0 saturated carbocycles. The zero-order valence-electron chi connectivity index (χ0n) is 19.2. The van der Waals surface area contributed by atoms with Gasteiger partial charge in [-0.1, -0.05) is 35.9 Å². The molecule has 0 aromatic heterocycles. The molecule has 182 valence electrons. The number of hydrogen-bond donors (Lipinski definition) is 1. The zero-order valence-corrected chi connectivity index (χ0v) is 20.0. The fourth-order valence-electron chi connectivity index (χ4n) is 3.47. The van der Waals surface area contributed by atoms with Gasteiger partial charge in [0.15, 0.2) is 0 Å². The van der Waals surface area contributed by atoms with E-state index in [-0.39, 0.29) is 23.4 Å². The van der Waals surface area contributed by atoms with Gasteiger partial charge in [0, 0.05) is 5.02 Å². The van der Waals surface area contributed by atoms with Crippen LogP contribution in [0.1, 0.15) is 28.4 Å². The van der Waals surface area contributed by atoms with Crippen molar-refractivity contribution in [3.8, 4) is 5.75 Å². The van der Waals surface area contributed by atoms with Crippen molar-refractivity contribution in [3.05, 3.63) is 100 Å². The second-order valence-electron chi connectivity index (χ2n) is 7.71. The van der Waals surface area contributed by atoms with Crippen molar-refractivity contribution in [2.45, 2.75) is 13.5 Å². The number of urea groups is 1. The molecule has 0 radical (unpaired) electrons. The molecule has 1 fully saturated rings. The highest BCUT2D eigenvalue weighted by atomic mass is 35.5. The molecule has 36 heavy (non-hydrogen) atoms. The largest absolute Gasteiger partial charge is 0.489 e. The van der Waals surface area contributed by atoms with Crippen LogP contribution in [0.25, 0.3) is 6.08 Å². The molecule has 1 saturated heterocycles. The first-order valence-electron chi connectivity index (χ1n) is 11.0. The van der Waals surface area contributed by atoms with Crippen LogP contribution >= 0.6 is 11.6 Å². The van der Waals surface area contributed by atoms with Gasteiger partial charge >= 0.3 is 12.0 Å². The van der Waals surface area contributed by atoms with Crippen molar-refractivity contribution in [1.82, 2.24) is 5.32 Å². The Labute approximate surface area is 212 Å². The van der Waals surface area contributed by atoms with Crippen LogP contribution in [0.15, 0.2) is 78.4 Å². The van der Waals surface area contributed by atoms with Crippen molar-refractivity contribution >= 4 is 47.2 Å². The Morgan fingerprint density at radius 3 is 2.39 bits per heavy atom. The number of ether oxygens (including phenoxy) is 2. The van der Waals surface area contributed by atoms with E-state index >= 15 is 0 Å². The number of nitrogens with zero attached hydrogens (tertiary/aromatic N) is 1. The summed E-state index contributed by atoms with van der Waals surface area (Å²) >= 11 is 5.99. The van der Waals surface area contributed by atoms with Crippen molar-refractivity contribution < 1.29 is 28.7 Å². The number of halogens is 1. The van der Waals surface area contributed by atoms with Crippen LogP contribution in [0.5, 0.6) is 5.75 Å². The van der Waals surface area contributed by atoms with E-state index < -0.39 is 23.8 Å². The van der Waals surface area contributed by atoms with E-state index in [0.29, 0.717) is 22.9 Å². The molecule has 8 nitrogen and oxygen atoms in total. The molecule has 1 aliphatic rings. The summed E-state index contributed by atoms with van der Waals surface area (Å²) < 4.78 is 10.7. The number of rotatable bonds is 7.